The molecule has 2 aliphatic heterocycles. The summed E-state index contributed by atoms with van der Waals surface area (Å²) in [4.78, 5) is 19.6. The quantitative estimate of drug-likeness (QED) is 0.404. The van der Waals surface area contributed by atoms with Crippen LogP contribution < -0.4 is 15.5 Å². The van der Waals surface area contributed by atoms with Crippen molar-refractivity contribution >= 4 is 22.7 Å². The Bertz CT molecular complexity index is 901. The van der Waals surface area contributed by atoms with Gasteiger partial charge in [-0.3, -0.25) is 10.1 Å². The average Bonchev–Trinajstić information content (AvgIpc) is 2.85. The molecule has 2 atom stereocenters. The maximum atomic E-state index is 10.6. The topological polar surface area (TPSA) is 82.1 Å². The van der Waals surface area contributed by atoms with Gasteiger partial charge in [-0.05, 0) is 90.3 Å². The van der Waals surface area contributed by atoms with Crippen LogP contribution in [0.2, 0.25) is 0 Å². The van der Waals surface area contributed by atoms with Gasteiger partial charge < -0.3 is 25.3 Å². The summed E-state index contributed by atoms with van der Waals surface area (Å²) in [6.45, 7) is 4.30. The highest BCUT2D eigenvalue weighted by atomic mass is 16.6. The third kappa shape index (κ3) is 7.08. The molecule has 2 fully saturated rings. The zero-order valence-corrected chi connectivity index (χ0v) is 21.1. The molecule has 186 valence electrons. The minimum atomic E-state index is -0.359. The predicted octanol–water partition coefficient (Wildman–Crippen LogP) is 3.92. The van der Waals surface area contributed by atoms with E-state index in [1.165, 1.54) is 31.4 Å². The number of nitrogen functional groups attached to an aromatic ring is 1. The lowest BCUT2D eigenvalue weighted by Crippen LogP contribution is -2.45. The molecule has 2 unspecified atom stereocenters. The van der Waals surface area contributed by atoms with Gasteiger partial charge in [0.15, 0.2) is 0 Å². The van der Waals surface area contributed by atoms with E-state index in [0.717, 1.165) is 37.6 Å². The Hall–Kier alpha value is -2.84. The van der Waals surface area contributed by atoms with Crippen molar-refractivity contribution in [1.82, 2.24) is 9.80 Å². The van der Waals surface area contributed by atoms with E-state index in [9.17, 15) is 10.1 Å². The van der Waals surface area contributed by atoms with Gasteiger partial charge >= 0.3 is 0 Å². The number of hydrogen-bond donors (Lipinski definition) is 1. The lowest BCUT2D eigenvalue weighted by atomic mass is 10.0. The fourth-order valence-electron chi connectivity index (χ4n) is 4.69. The van der Waals surface area contributed by atoms with Crippen molar-refractivity contribution in [1.29, 1.82) is 0 Å². The molecule has 2 aromatic carbocycles. The van der Waals surface area contributed by atoms with Crippen LogP contribution in [0, 0.1) is 10.1 Å². The van der Waals surface area contributed by atoms with Gasteiger partial charge in [-0.1, -0.05) is 0 Å². The Balaban J connectivity index is 0.000000192. The zero-order chi connectivity index (χ0) is 24.7. The second-order valence-electron chi connectivity index (χ2n) is 9.78. The molecule has 2 aliphatic rings. The van der Waals surface area contributed by atoms with E-state index in [1.54, 1.807) is 12.1 Å². The lowest BCUT2D eigenvalue weighted by molar-refractivity contribution is -0.384. The number of nitro benzene ring substituents is 1. The molecule has 2 heterocycles. The van der Waals surface area contributed by atoms with E-state index in [4.69, 9.17) is 5.73 Å². The fourth-order valence-corrected chi connectivity index (χ4v) is 4.69. The first kappa shape index (κ1) is 25.8. The smallest absolute Gasteiger partial charge is 0.269 e. The summed E-state index contributed by atoms with van der Waals surface area (Å²) < 4.78 is 0. The van der Waals surface area contributed by atoms with E-state index in [0.29, 0.717) is 12.1 Å². The average molecular weight is 469 g/mol. The first-order chi connectivity index (χ1) is 16.2. The fraction of sp³-hybridized carbons (Fsp3) is 0.538. The minimum absolute atomic E-state index is 0.153. The highest BCUT2D eigenvalue weighted by molar-refractivity contribution is 5.53. The van der Waals surface area contributed by atoms with Gasteiger partial charge in [-0.15, -0.1) is 0 Å². The molecular weight excluding hydrogens is 428 g/mol. The second kappa shape index (κ2) is 12.0. The van der Waals surface area contributed by atoms with Crippen molar-refractivity contribution in [2.24, 2.45) is 0 Å². The Labute approximate surface area is 204 Å². The summed E-state index contributed by atoms with van der Waals surface area (Å²) in [5.74, 6) is 0. The molecule has 0 aliphatic carbocycles. The summed E-state index contributed by atoms with van der Waals surface area (Å²) in [5.41, 5.74) is 9.06. The van der Waals surface area contributed by atoms with Gasteiger partial charge in [-0.25, -0.2) is 0 Å². The predicted molar refractivity (Wildman–Crippen MR) is 142 cm³/mol. The molecular formula is C26H40N6O2. The van der Waals surface area contributed by atoms with Crippen molar-refractivity contribution in [2.75, 3.05) is 69.9 Å². The van der Waals surface area contributed by atoms with E-state index in [1.807, 2.05) is 24.3 Å². The number of nitrogens with two attached hydrogens (primary N) is 1. The third-order valence-electron chi connectivity index (χ3n) is 6.94. The van der Waals surface area contributed by atoms with Gasteiger partial charge in [0.1, 0.15) is 0 Å². The van der Waals surface area contributed by atoms with Crippen LogP contribution in [0.4, 0.5) is 22.7 Å². The minimum Gasteiger partial charge on any atom is -0.399 e. The van der Waals surface area contributed by atoms with Gasteiger partial charge in [0.25, 0.3) is 5.69 Å². The van der Waals surface area contributed by atoms with Crippen LogP contribution in [-0.2, 0) is 0 Å². The van der Waals surface area contributed by atoms with Crippen molar-refractivity contribution in [2.45, 2.75) is 37.8 Å². The number of piperidine rings is 2. The Kier molecular flexibility index (Phi) is 9.12. The van der Waals surface area contributed by atoms with Crippen molar-refractivity contribution in [3.05, 3.63) is 58.6 Å². The zero-order valence-electron chi connectivity index (χ0n) is 21.1. The number of rotatable bonds is 5. The number of anilines is 3. The monoisotopic (exact) mass is 468 g/mol. The first-order valence-corrected chi connectivity index (χ1v) is 12.2. The van der Waals surface area contributed by atoms with Crippen LogP contribution in [0.1, 0.15) is 25.7 Å². The maximum Gasteiger partial charge on any atom is 0.269 e. The molecule has 8 nitrogen and oxygen atoms in total. The molecule has 0 amide bonds. The number of nitrogens with zero attached hydrogens (tertiary/aromatic N) is 5. The summed E-state index contributed by atoms with van der Waals surface area (Å²) >= 11 is 0. The highest BCUT2D eigenvalue weighted by Gasteiger charge is 2.22. The summed E-state index contributed by atoms with van der Waals surface area (Å²) in [5, 5.41) is 10.6. The van der Waals surface area contributed by atoms with Crippen molar-refractivity contribution in [3.8, 4) is 0 Å². The highest BCUT2D eigenvalue weighted by Crippen LogP contribution is 2.24. The normalized spacial score (nSPS) is 20.8. The summed E-state index contributed by atoms with van der Waals surface area (Å²) in [7, 11) is 8.53. The molecule has 0 saturated carbocycles. The van der Waals surface area contributed by atoms with E-state index in [-0.39, 0.29) is 10.6 Å². The summed E-state index contributed by atoms with van der Waals surface area (Å²) in [6, 6.07) is 16.3. The van der Waals surface area contributed by atoms with Crippen LogP contribution in [0.3, 0.4) is 0 Å². The molecule has 0 bridgehead atoms. The van der Waals surface area contributed by atoms with Crippen molar-refractivity contribution < 1.29 is 4.92 Å². The SMILES string of the molecule is CN(C)C1CCCN(c2ccc(N)cc2)C1.CN(C)C1CCCN(c2ccc([N+](=O)[O-])cc2)C1. The number of likely N-dealkylation sites (N-methyl/N-ethyl adjacent to an activating group) is 2. The van der Waals surface area contributed by atoms with Crippen LogP contribution in [0.15, 0.2) is 48.5 Å². The Morgan fingerprint density at radius 1 is 0.794 bits per heavy atom. The van der Waals surface area contributed by atoms with E-state index in [2.05, 4.69) is 59.9 Å². The van der Waals surface area contributed by atoms with Gasteiger partial charge in [0.2, 0.25) is 0 Å². The van der Waals surface area contributed by atoms with E-state index >= 15 is 0 Å². The first-order valence-electron chi connectivity index (χ1n) is 12.2. The van der Waals surface area contributed by atoms with Crippen LogP contribution in [0.25, 0.3) is 0 Å². The lowest BCUT2D eigenvalue weighted by Gasteiger charge is -2.37. The number of nitro groups is 1. The number of benzene rings is 2. The second-order valence-corrected chi connectivity index (χ2v) is 9.78. The van der Waals surface area contributed by atoms with E-state index < -0.39 is 0 Å². The third-order valence-corrected chi connectivity index (χ3v) is 6.94. The number of non-ortho nitro benzene ring substituents is 1. The molecule has 2 saturated heterocycles. The molecule has 0 spiro atoms. The standard InChI is InChI=1S/C13H19N3O2.C13H21N3/c1-14(2)13-4-3-9-15(10-13)11-5-7-12(8-6-11)16(17)18;1-15(2)13-4-3-9-16(10-13)12-7-5-11(14)6-8-12/h5-8,13H,3-4,9-10H2,1-2H3;5-8,13H,3-4,9-10,14H2,1-2H3. The Morgan fingerprint density at radius 3 is 1.59 bits per heavy atom. The number of hydrogen-bond acceptors (Lipinski definition) is 7. The molecule has 2 aromatic rings. The molecule has 8 heteroatoms. The Morgan fingerprint density at radius 2 is 1.21 bits per heavy atom. The van der Waals surface area contributed by atoms with Gasteiger partial charge in [-0.2, -0.15) is 0 Å². The molecule has 0 radical (unpaired) electrons. The molecule has 0 aromatic heterocycles. The van der Waals surface area contributed by atoms with Crippen LogP contribution in [0.5, 0.6) is 0 Å². The largest absolute Gasteiger partial charge is 0.399 e. The molecule has 4 rings (SSSR count). The van der Waals surface area contributed by atoms with Gasteiger partial charge in [0.05, 0.1) is 4.92 Å². The molecule has 34 heavy (non-hydrogen) atoms. The molecule has 2 N–H and O–H groups in total. The van der Waals surface area contributed by atoms with Crippen LogP contribution in [-0.4, -0.2) is 81.2 Å². The van der Waals surface area contributed by atoms with Gasteiger partial charge in [0, 0.05) is 67.5 Å². The van der Waals surface area contributed by atoms with Crippen molar-refractivity contribution in [3.63, 3.8) is 0 Å². The maximum absolute atomic E-state index is 10.6. The van der Waals surface area contributed by atoms with Crippen LogP contribution >= 0.6 is 0 Å². The summed E-state index contributed by atoms with van der Waals surface area (Å²) in [6.07, 6.45) is 4.96.